The van der Waals surface area contributed by atoms with Gasteiger partial charge in [-0.15, -0.1) is 0 Å². The summed E-state index contributed by atoms with van der Waals surface area (Å²) in [6, 6.07) is 17.5. The van der Waals surface area contributed by atoms with Crippen molar-refractivity contribution in [1.82, 2.24) is 0 Å². The highest BCUT2D eigenvalue weighted by molar-refractivity contribution is 5.33. The number of hydrogen-bond acceptors (Lipinski definition) is 2. The Balaban J connectivity index is 2.20. The first kappa shape index (κ1) is 12.2. The maximum atomic E-state index is 5.88. The molecule has 2 aromatic rings. The zero-order chi connectivity index (χ0) is 12.8. The molecule has 0 aliphatic carbocycles. The number of rotatable bonds is 5. The second kappa shape index (κ2) is 5.92. The molecule has 2 nitrogen and oxygen atoms in total. The largest absolute Gasteiger partial charge is 0.497 e. The van der Waals surface area contributed by atoms with Crippen LogP contribution in [-0.2, 0) is 0 Å². The van der Waals surface area contributed by atoms with E-state index in [4.69, 9.17) is 9.47 Å². The molecule has 2 rings (SSSR count). The molecule has 18 heavy (non-hydrogen) atoms. The highest BCUT2D eigenvalue weighted by Gasteiger charge is 2.09. The lowest BCUT2D eigenvalue weighted by atomic mass is 10.1. The zero-order valence-corrected chi connectivity index (χ0v) is 10.4. The number of para-hydroxylation sites is 1. The molecule has 0 aromatic heterocycles. The smallest absolute Gasteiger partial charge is 0.142 e. The summed E-state index contributed by atoms with van der Waals surface area (Å²) >= 11 is 0. The molecule has 0 radical (unpaired) electrons. The summed E-state index contributed by atoms with van der Waals surface area (Å²) in [5.41, 5.74) is 1.02. The molecule has 0 amide bonds. The van der Waals surface area contributed by atoms with E-state index in [2.05, 4.69) is 6.58 Å². The summed E-state index contributed by atoms with van der Waals surface area (Å²) < 4.78 is 11.1. The van der Waals surface area contributed by atoms with Crippen molar-refractivity contribution in [2.24, 2.45) is 0 Å². The summed E-state index contributed by atoms with van der Waals surface area (Å²) in [6.07, 6.45) is 1.60. The van der Waals surface area contributed by atoms with Crippen molar-refractivity contribution in [2.75, 3.05) is 7.11 Å². The van der Waals surface area contributed by atoms with E-state index < -0.39 is 0 Å². The maximum absolute atomic E-state index is 5.88. The van der Waals surface area contributed by atoms with Gasteiger partial charge in [-0.05, 0) is 35.9 Å². The predicted molar refractivity (Wildman–Crippen MR) is 73.0 cm³/mol. The molecule has 0 saturated heterocycles. The Hall–Kier alpha value is -2.22. The normalized spacial score (nSPS) is 11.6. The number of ether oxygens (including phenoxy) is 2. The van der Waals surface area contributed by atoms with Crippen LogP contribution in [0.1, 0.15) is 11.7 Å². The van der Waals surface area contributed by atoms with Gasteiger partial charge in [-0.3, -0.25) is 0 Å². The molecule has 92 valence electrons. The van der Waals surface area contributed by atoms with Gasteiger partial charge in [0.15, 0.2) is 0 Å². The molecule has 0 aliphatic rings. The van der Waals surface area contributed by atoms with Gasteiger partial charge < -0.3 is 9.47 Å². The quantitative estimate of drug-likeness (QED) is 0.735. The Morgan fingerprint density at radius 2 is 1.72 bits per heavy atom. The molecule has 0 N–H and O–H groups in total. The molecule has 2 heteroatoms. The Morgan fingerprint density at radius 3 is 2.39 bits per heavy atom. The van der Waals surface area contributed by atoms with Crippen LogP contribution in [-0.4, -0.2) is 7.11 Å². The number of benzene rings is 2. The minimum atomic E-state index is -0.178. The van der Waals surface area contributed by atoms with Crippen LogP contribution in [0.5, 0.6) is 11.5 Å². The van der Waals surface area contributed by atoms with Gasteiger partial charge in [0.2, 0.25) is 0 Å². The van der Waals surface area contributed by atoms with Crippen molar-refractivity contribution in [2.45, 2.75) is 6.10 Å². The lowest BCUT2D eigenvalue weighted by molar-refractivity contribution is 0.255. The molecular weight excluding hydrogens is 224 g/mol. The maximum Gasteiger partial charge on any atom is 0.142 e. The van der Waals surface area contributed by atoms with Crippen LogP contribution in [0.25, 0.3) is 0 Å². The molecule has 0 saturated carbocycles. The molecule has 0 heterocycles. The Morgan fingerprint density at radius 1 is 1.00 bits per heavy atom. The van der Waals surface area contributed by atoms with Crippen molar-refractivity contribution in [3.05, 3.63) is 72.8 Å². The standard InChI is InChI=1S/C16H16O2/c1-3-16(18-14-9-5-4-6-10-14)13-8-7-11-15(12-13)17-2/h3-12,16H,1H2,2H3/t16-/m0/s1. The lowest BCUT2D eigenvalue weighted by Gasteiger charge is -2.16. The molecule has 0 spiro atoms. The van der Waals surface area contributed by atoms with Crippen LogP contribution < -0.4 is 9.47 Å². The van der Waals surface area contributed by atoms with Crippen LogP contribution in [0.15, 0.2) is 67.3 Å². The van der Waals surface area contributed by atoms with Gasteiger partial charge in [0.1, 0.15) is 17.6 Å². The van der Waals surface area contributed by atoms with Gasteiger partial charge in [0.25, 0.3) is 0 Å². The molecular formula is C16H16O2. The number of methoxy groups -OCH3 is 1. The van der Waals surface area contributed by atoms with E-state index in [0.717, 1.165) is 17.1 Å². The number of hydrogen-bond donors (Lipinski definition) is 0. The average Bonchev–Trinajstić information content (AvgIpc) is 2.46. The molecule has 0 bridgehead atoms. The molecule has 0 fully saturated rings. The van der Waals surface area contributed by atoms with Crippen molar-refractivity contribution in [3.8, 4) is 11.5 Å². The van der Waals surface area contributed by atoms with Gasteiger partial charge in [0, 0.05) is 0 Å². The summed E-state index contributed by atoms with van der Waals surface area (Å²) in [7, 11) is 1.65. The fraction of sp³-hybridized carbons (Fsp3) is 0.125. The van der Waals surface area contributed by atoms with E-state index >= 15 is 0 Å². The van der Waals surface area contributed by atoms with E-state index in [9.17, 15) is 0 Å². The van der Waals surface area contributed by atoms with Crippen molar-refractivity contribution >= 4 is 0 Å². The van der Waals surface area contributed by atoms with Crippen LogP contribution in [0.4, 0.5) is 0 Å². The van der Waals surface area contributed by atoms with E-state index in [0.29, 0.717) is 0 Å². The predicted octanol–water partition coefficient (Wildman–Crippen LogP) is 4.00. The van der Waals surface area contributed by atoms with Crippen molar-refractivity contribution < 1.29 is 9.47 Å². The summed E-state index contributed by atoms with van der Waals surface area (Å²) in [6.45, 7) is 3.82. The van der Waals surface area contributed by atoms with Crippen LogP contribution in [0, 0.1) is 0 Å². The highest BCUT2D eigenvalue weighted by atomic mass is 16.5. The second-order valence-electron chi connectivity index (χ2n) is 3.86. The van der Waals surface area contributed by atoms with E-state index in [-0.39, 0.29) is 6.10 Å². The topological polar surface area (TPSA) is 18.5 Å². The summed E-state index contributed by atoms with van der Waals surface area (Å²) in [4.78, 5) is 0. The van der Waals surface area contributed by atoms with Gasteiger partial charge >= 0.3 is 0 Å². The SMILES string of the molecule is C=C[C@H](Oc1ccccc1)c1cccc(OC)c1. The monoisotopic (exact) mass is 240 g/mol. The first-order valence-electron chi connectivity index (χ1n) is 5.81. The molecule has 2 aromatic carbocycles. The Kier molecular flexibility index (Phi) is 4.02. The molecule has 1 atom stereocenters. The third kappa shape index (κ3) is 2.92. The van der Waals surface area contributed by atoms with Gasteiger partial charge in [-0.2, -0.15) is 0 Å². The van der Waals surface area contributed by atoms with Crippen molar-refractivity contribution in [3.63, 3.8) is 0 Å². The van der Waals surface area contributed by atoms with E-state index in [1.54, 1.807) is 13.2 Å². The van der Waals surface area contributed by atoms with Crippen molar-refractivity contribution in [1.29, 1.82) is 0 Å². The van der Waals surface area contributed by atoms with E-state index in [1.807, 2.05) is 54.6 Å². The molecule has 0 unspecified atom stereocenters. The third-order valence-electron chi connectivity index (χ3n) is 2.64. The second-order valence-corrected chi connectivity index (χ2v) is 3.86. The van der Waals surface area contributed by atoms with E-state index in [1.165, 1.54) is 0 Å². The third-order valence-corrected chi connectivity index (χ3v) is 2.64. The Bertz CT molecular complexity index is 506. The lowest BCUT2D eigenvalue weighted by Crippen LogP contribution is -2.04. The minimum Gasteiger partial charge on any atom is -0.497 e. The zero-order valence-electron chi connectivity index (χ0n) is 10.4. The average molecular weight is 240 g/mol. The van der Waals surface area contributed by atoms with Gasteiger partial charge in [0.05, 0.1) is 7.11 Å². The highest BCUT2D eigenvalue weighted by Crippen LogP contribution is 2.25. The Labute approximate surface area is 107 Å². The fourth-order valence-electron chi connectivity index (χ4n) is 1.72. The first-order valence-corrected chi connectivity index (χ1v) is 5.81. The molecule has 0 aliphatic heterocycles. The van der Waals surface area contributed by atoms with Gasteiger partial charge in [-0.25, -0.2) is 0 Å². The van der Waals surface area contributed by atoms with Gasteiger partial charge in [-0.1, -0.05) is 36.9 Å². The first-order chi connectivity index (χ1) is 8.83. The van der Waals surface area contributed by atoms with Crippen LogP contribution >= 0.6 is 0 Å². The fourth-order valence-corrected chi connectivity index (χ4v) is 1.72. The van der Waals surface area contributed by atoms with Crippen LogP contribution in [0.2, 0.25) is 0 Å². The van der Waals surface area contributed by atoms with Crippen LogP contribution in [0.3, 0.4) is 0 Å². The summed E-state index contributed by atoms with van der Waals surface area (Å²) in [5.74, 6) is 1.64. The minimum absolute atomic E-state index is 0.178. The summed E-state index contributed by atoms with van der Waals surface area (Å²) in [5, 5.41) is 0.